The number of halogens is 1. The number of H-pyrrole nitrogens is 1. The first-order valence-electron chi connectivity index (χ1n) is 4.50. The lowest BCUT2D eigenvalue weighted by Gasteiger charge is -2.06. The second-order valence-corrected chi connectivity index (χ2v) is 5.17. The molecule has 0 unspecified atom stereocenters. The Morgan fingerprint density at radius 3 is 2.65 bits per heavy atom. The Hall–Kier alpha value is -1.67. The van der Waals surface area contributed by atoms with E-state index in [9.17, 15) is 8.42 Å². The molecule has 7 nitrogen and oxygen atoms in total. The highest BCUT2D eigenvalue weighted by atomic mass is 35.5. The van der Waals surface area contributed by atoms with Crippen LogP contribution in [0, 0.1) is 6.92 Å². The SMILES string of the molecule is Cc1[nH]ncc1S(=O)(=O)Nc1nccnc1Cl. The minimum absolute atomic E-state index is 0.0165. The summed E-state index contributed by atoms with van der Waals surface area (Å²) < 4.78 is 26.1. The highest BCUT2D eigenvalue weighted by Gasteiger charge is 2.20. The number of hydrogen-bond acceptors (Lipinski definition) is 5. The Balaban J connectivity index is 2.37. The summed E-state index contributed by atoms with van der Waals surface area (Å²) in [6.45, 7) is 1.60. The van der Waals surface area contributed by atoms with Gasteiger partial charge in [0.2, 0.25) is 0 Å². The average Bonchev–Trinajstić information content (AvgIpc) is 2.68. The molecule has 0 fully saturated rings. The van der Waals surface area contributed by atoms with Crippen LogP contribution in [0.2, 0.25) is 5.15 Å². The zero-order valence-electron chi connectivity index (χ0n) is 8.68. The van der Waals surface area contributed by atoms with Gasteiger partial charge >= 0.3 is 0 Å². The highest BCUT2D eigenvalue weighted by molar-refractivity contribution is 7.92. The van der Waals surface area contributed by atoms with Crippen molar-refractivity contribution in [1.29, 1.82) is 0 Å². The van der Waals surface area contributed by atoms with Crippen molar-refractivity contribution in [1.82, 2.24) is 20.2 Å². The van der Waals surface area contributed by atoms with Crippen LogP contribution in [0.5, 0.6) is 0 Å². The molecule has 0 saturated heterocycles. The Labute approximate surface area is 102 Å². The predicted octanol–water partition coefficient (Wildman–Crippen LogP) is 0.962. The summed E-state index contributed by atoms with van der Waals surface area (Å²) >= 11 is 5.71. The minimum atomic E-state index is -3.75. The van der Waals surface area contributed by atoms with Gasteiger partial charge in [0.1, 0.15) is 4.90 Å². The van der Waals surface area contributed by atoms with Crippen LogP contribution in [-0.2, 0) is 10.0 Å². The van der Waals surface area contributed by atoms with Gasteiger partial charge in [0.25, 0.3) is 10.0 Å². The van der Waals surface area contributed by atoms with Gasteiger partial charge in [0, 0.05) is 12.4 Å². The molecule has 0 atom stereocenters. The van der Waals surface area contributed by atoms with E-state index < -0.39 is 10.0 Å². The molecule has 2 aromatic rings. The molecule has 9 heteroatoms. The van der Waals surface area contributed by atoms with Crippen LogP contribution in [0.25, 0.3) is 0 Å². The van der Waals surface area contributed by atoms with Crippen molar-refractivity contribution in [3.05, 3.63) is 29.4 Å². The summed E-state index contributed by atoms with van der Waals surface area (Å²) in [5, 5.41) is 6.16. The molecule has 0 bridgehead atoms. The quantitative estimate of drug-likeness (QED) is 0.867. The molecule has 2 rings (SSSR count). The monoisotopic (exact) mass is 273 g/mol. The largest absolute Gasteiger partial charge is 0.281 e. The Morgan fingerprint density at radius 1 is 1.35 bits per heavy atom. The first-order chi connectivity index (χ1) is 8.00. The van der Waals surface area contributed by atoms with Crippen molar-refractivity contribution in [2.45, 2.75) is 11.8 Å². The Bertz CT molecular complexity index is 639. The van der Waals surface area contributed by atoms with Crippen LogP contribution in [0.1, 0.15) is 5.69 Å². The molecule has 2 heterocycles. The third-order valence-corrected chi connectivity index (χ3v) is 3.69. The van der Waals surface area contributed by atoms with Crippen LogP contribution in [-0.4, -0.2) is 28.6 Å². The van der Waals surface area contributed by atoms with Crippen molar-refractivity contribution >= 4 is 27.4 Å². The third kappa shape index (κ3) is 2.37. The Kier molecular flexibility index (Phi) is 2.99. The summed E-state index contributed by atoms with van der Waals surface area (Å²) in [6.07, 6.45) is 3.91. The molecule has 0 amide bonds. The summed E-state index contributed by atoms with van der Waals surface area (Å²) in [5.41, 5.74) is 0.428. The smallest absolute Gasteiger partial charge is 0.266 e. The van der Waals surface area contributed by atoms with E-state index in [0.717, 1.165) is 0 Å². The molecule has 0 radical (unpaired) electrons. The number of nitrogens with zero attached hydrogens (tertiary/aromatic N) is 3. The van der Waals surface area contributed by atoms with Crippen molar-refractivity contribution < 1.29 is 8.42 Å². The van der Waals surface area contributed by atoms with Gasteiger partial charge in [-0.05, 0) is 6.92 Å². The maximum Gasteiger partial charge on any atom is 0.266 e. The second-order valence-electron chi connectivity index (χ2n) is 3.16. The average molecular weight is 274 g/mol. The van der Waals surface area contributed by atoms with Crippen LogP contribution in [0.4, 0.5) is 5.82 Å². The fourth-order valence-corrected chi connectivity index (χ4v) is 2.54. The maximum absolute atomic E-state index is 11.9. The summed E-state index contributed by atoms with van der Waals surface area (Å²) in [7, 11) is -3.75. The number of nitrogens with one attached hydrogen (secondary N) is 2. The number of hydrogen-bond donors (Lipinski definition) is 2. The number of aromatic amines is 1. The van der Waals surface area contributed by atoms with Crippen molar-refractivity contribution in [3.63, 3.8) is 0 Å². The summed E-state index contributed by atoms with van der Waals surface area (Å²) in [6, 6.07) is 0. The highest BCUT2D eigenvalue weighted by Crippen LogP contribution is 2.20. The van der Waals surface area contributed by atoms with Gasteiger partial charge in [-0.25, -0.2) is 18.4 Å². The zero-order chi connectivity index (χ0) is 12.5. The Morgan fingerprint density at radius 2 is 2.06 bits per heavy atom. The molecule has 0 saturated carbocycles. The van der Waals surface area contributed by atoms with Gasteiger partial charge in [-0.1, -0.05) is 11.6 Å². The molecule has 0 aromatic carbocycles. The predicted molar refractivity (Wildman–Crippen MR) is 61.2 cm³/mol. The van der Waals surface area contributed by atoms with E-state index in [1.807, 2.05) is 0 Å². The topological polar surface area (TPSA) is 101 Å². The summed E-state index contributed by atoms with van der Waals surface area (Å²) in [5.74, 6) is -0.0187. The molecular weight excluding hydrogens is 266 g/mol. The normalized spacial score (nSPS) is 11.4. The summed E-state index contributed by atoms with van der Waals surface area (Å²) in [4.78, 5) is 7.55. The molecule has 17 heavy (non-hydrogen) atoms. The molecule has 0 aliphatic rings. The third-order valence-electron chi connectivity index (χ3n) is 1.96. The van der Waals surface area contributed by atoms with Gasteiger partial charge in [-0.15, -0.1) is 0 Å². The standard InChI is InChI=1S/C8H8ClN5O2S/c1-5-6(4-12-13-5)17(15,16)14-8-7(9)10-2-3-11-8/h2-4H,1H3,(H,11,14)(H,12,13). The van der Waals surface area contributed by atoms with E-state index in [-0.39, 0.29) is 15.9 Å². The first-order valence-corrected chi connectivity index (χ1v) is 6.36. The van der Waals surface area contributed by atoms with Crippen molar-refractivity contribution in [3.8, 4) is 0 Å². The van der Waals surface area contributed by atoms with E-state index in [2.05, 4.69) is 24.9 Å². The first kappa shape index (κ1) is 11.8. The zero-order valence-corrected chi connectivity index (χ0v) is 10.2. The number of anilines is 1. The molecule has 0 spiro atoms. The number of aromatic nitrogens is 4. The van der Waals surface area contributed by atoms with Gasteiger partial charge in [0.05, 0.1) is 11.9 Å². The molecule has 0 aliphatic carbocycles. The van der Waals surface area contributed by atoms with Gasteiger partial charge in [0.15, 0.2) is 11.0 Å². The molecule has 2 aromatic heterocycles. The minimum Gasteiger partial charge on any atom is -0.281 e. The van der Waals surface area contributed by atoms with E-state index in [4.69, 9.17) is 11.6 Å². The van der Waals surface area contributed by atoms with E-state index >= 15 is 0 Å². The second kappa shape index (κ2) is 4.30. The van der Waals surface area contributed by atoms with Gasteiger partial charge < -0.3 is 0 Å². The number of rotatable bonds is 3. The van der Waals surface area contributed by atoms with E-state index in [1.54, 1.807) is 6.92 Å². The molecular formula is C8H8ClN5O2S. The van der Waals surface area contributed by atoms with E-state index in [0.29, 0.717) is 5.69 Å². The molecule has 0 aliphatic heterocycles. The van der Waals surface area contributed by atoms with Crippen LogP contribution in [0.3, 0.4) is 0 Å². The fourth-order valence-electron chi connectivity index (χ4n) is 1.18. The lowest BCUT2D eigenvalue weighted by Crippen LogP contribution is -2.14. The van der Waals surface area contributed by atoms with Crippen molar-refractivity contribution in [2.24, 2.45) is 0 Å². The van der Waals surface area contributed by atoms with Crippen LogP contribution >= 0.6 is 11.6 Å². The molecule has 2 N–H and O–H groups in total. The lowest BCUT2D eigenvalue weighted by atomic mass is 10.5. The van der Waals surface area contributed by atoms with Crippen LogP contribution < -0.4 is 4.72 Å². The van der Waals surface area contributed by atoms with Crippen LogP contribution in [0.15, 0.2) is 23.5 Å². The van der Waals surface area contributed by atoms with Gasteiger partial charge in [-0.3, -0.25) is 9.82 Å². The van der Waals surface area contributed by atoms with E-state index in [1.165, 1.54) is 18.6 Å². The lowest BCUT2D eigenvalue weighted by molar-refractivity contribution is 0.600. The fraction of sp³-hybridized carbons (Fsp3) is 0.125. The van der Waals surface area contributed by atoms with Crippen molar-refractivity contribution in [2.75, 3.05) is 4.72 Å². The van der Waals surface area contributed by atoms with Gasteiger partial charge in [-0.2, -0.15) is 5.10 Å². The number of sulfonamides is 1. The molecule has 90 valence electrons. The maximum atomic E-state index is 11.9. The number of aryl methyl sites for hydroxylation is 1.